The van der Waals surface area contributed by atoms with Crippen LogP contribution in [0.15, 0.2) is 48.8 Å². The van der Waals surface area contributed by atoms with Crippen LogP contribution < -0.4 is 10.1 Å². The quantitative estimate of drug-likeness (QED) is 0.690. The van der Waals surface area contributed by atoms with Gasteiger partial charge in [-0.2, -0.15) is 0 Å². The highest BCUT2D eigenvalue weighted by molar-refractivity contribution is 6.29. The summed E-state index contributed by atoms with van der Waals surface area (Å²) in [6.07, 6.45) is 4.31. The molecule has 2 aromatic heterocycles. The van der Waals surface area contributed by atoms with Crippen molar-refractivity contribution < 1.29 is 9.53 Å². The van der Waals surface area contributed by atoms with E-state index in [0.717, 1.165) is 41.0 Å². The smallest absolute Gasteiger partial charge is 0.219 e. The Balaban J connectivity index is 1.53. The highest BCUT2D eigenvalue weighted by Gasteiger charge is 2.25. The molecule has 0 unspecified atom stereocenters. The maximum atomic E-state index is 11.5. The zero-order valence-electron chi connectivity index (χ0n) is 14.9. The molecule has 0 radical (unpaired) electrons. The second-order valence-corrected chi connectivity index (χ2v) is 6.92. The number of ether oxygens (including phenoxy) is 1. The summed E-state index contributed by atoms with van der Waals surface area (Å²) < 4.78 is 6.08. The molecule has 3 aromatic rings. The van der Waals surface area contributed by atoms with Gasteiger partial charge in [-0.15, -0.1) is 0 Å². The summed E-state index contributed by atoms with van der Waals surface area (Å²) in [5.74, 6) is 1.63. The van der Waals surface area contributed by atoms with Crippen LogP contribution in [0.25, 0.3) is 10.8 Å². The van der Waals surface area contributed by atoms with Gasteiger partial charge >= 0.3 is 0 Å². The molecule has 7 heteroatoms. The molecule has 1 aliphatic heterocycles. The fraction of sp³-hybridized carbons (Fsp3) is 0.250. The summed E-state index contributed by atoms with van der Waals surface area (Å²) in [5, 5.41) is 5.72. The van der Waals surface area contributed by atoms with Gasteiger partial charge in [0.25, 0.3) is 0 Å². The number of hydrogen-bond acceptors (Lipinski definition) is 5. The number of halogens is 1. The number of rotatable bonds is 4. The predicted molar refractivity (Wildman–Crippen MR) is 106 cm³/mol. The van der Waals surface area contributed by atoms with Crippen LogP contribution in [-0.4, -0.2) is 40.0 Å². The third-order valence-electron chi connectivity index (χ3n) is 4.62. The first kappa shape index (κ1) is 17.5. The van der Waals surface area contributed by atoms with Gasteiger partial charge in [-0.05, 0) is 41.8 Å². The molecule has 27 heavy (non-hydrogen) atoms. The Morgan fingerprint density at radius 3 is 2.89 bits per heavy atom. The molecule has 4 rings (SSSR count). The van der Waals surface area contributed by atoms with Gasteiger partial charge in [0.2, 0.25) is 5.91 Å². The molecule has 1 aromatic carbocycles. The predicted octanol–water partition coefficient (Wildman–Crippen LogP) is 4.03. The normalized spacial score (nSPS) is 16.5. The van der Waals surface area contributed by atoms with Crippen LogP contribution in [0.1, 0.15) is 13.3 Å². The van der Waals surface area contributed by atoms with Gasteiger partial charge in [-0.25, -0.2) is 9.97 Å². The highest BCUT2D eigenvalue weighted by atomic mass is 35.5. The number of carbonyl (C=O) groups excluding carboxylic acids is 1. The number of likely N-dealkylation sites (tertiary alicyclic amines) is 1. The molecule has 1 saturated heterocycles. The van der Waals surface area contributed by atoms with Crippen LogP contribution in [-0.2, 0) is 4.79 Å². The lowest BCUT2D eigenvalue weighted by atomic mass is 10.1. The summed E-state index contributed by atoms with van der Waals surface area (Å²) in [4.78, 5) is 21.8. The summed E-state index contributed by atoms with van der Waals surface area (Å²) in [7, 11) is 0. The second-order valence-electron chi connectivity index (χ2n) is 6.53. The van der Waals surface area contributed by atoms with E-state index in [1.165, 1.54) is 0 Å². The number of hydrogen-bond donors (Lipinski definition) is 1. The minimum absolute atomic E-state index is 0.0333. The zero-order valence-corrected chi connectivity index (χ0v) is 15.6. The van der Waals surface area contributed by atoms with Gasteiger partial charge in [-0.1, -0.05) is 11.6 Å². The number of benzene rings is 1. The summed E-state index contributed by atoms with van der Waals surface area (Å²) in [6, 6.07) is 11.5. The molecular formula is C20H19ClN4O2. The lowest BCUT2D eigenvalue weighted by molar-refractivity contribution is -0.128. The topological polar surface area (TPSA) is 67.3 Å². The van der Waals surface area contributed by atoms with E-state index in [-0.39, 0.29) is 12.0 Å². The Bertz CT molecular complexity index is 977. The van der Waals surface area contributed by atoms with Crippen molar-refractivity contribution in [2.45, 2.75) is 19.4 Å². The van der Waals surface area contributed by atoms with Crippen molar-refractivity contribution in [1.29, 1.82) is 0 Å². The van der Waals surface area contributed by atoms with Crippen molar-refractivity contribution in [2.24, 2.45) is 0 Å². The van der Waals surface area contributed by atoms with E-state index in [0.29, 0.717) is 11.7 Å². The largest absolute Gasteiger partial charge is 0.488 e. The first-order chi connectivity index (χ1) is 13.1. The first-order valence-corrected chi connectivity index (χ1v) is 9.16. The van der Waals surface area contributed by atoms with Crippen LogP contribution in [0.3, 0.4) is 0 Å². The summed E-state index contributed by atoms with van der Waals surface area (Å²) in [6.45, 7) is 2.98. The van der Waals surface area contributed by atoms with Crippen molar-refractivity contribution in [3.63, 3.8) is 0 Å². The van der Waals surface area contributed by atoms with Crippen molar-refractivity contribution in [1.82, 2.24) is 14.9 Å². The van der Waals surface area contributed by atoms with Gasteiger partial charge < -0.3 is 15.0 Å². The Kier molecular flexibility index (Phi) is 4.81. The minimum atomic E-state index is 0.0333. The van der Waals surface area contributed by atoms with Gasteiger partial charge in [0, 0.05) is 31.5 Å². The number of aromatic nitrogens is 2. The van der Waals surface area contributed by atoms with E-state index in [9.17, 15) is 4.79 Å². The molecule has 1 N–H and O–H groups in total. The van der Waals surface area contributed by atoms with E-state index in [4.69, 9.17) is 16.3 Å². The van der Waals surface area contributed by atoms with Crippen molar-refractivity contribution in [2.75, 3.05) is 18.4 Å². The molecule has 1 aliphatic rings. The third-order valence-corrected chi connectivity index (χ3v) is 4.84. The van der Waals surface area contributed by atoms with Crippen LogP contribution in [0.2, 0.25) is 5.15 Å². The van der Waals surface area contributed by atoms with Crippen molar-refractivity contribution in [3.8, 4) is 5.75 Å². The second kappa shape index (κ2) is 7.40. The number of nitrogens with zero attached hydrogens (tertiary/aromatic N) is 3. The Morgan fingerprint density at radius 1 is 1.26 bits per heavy atom. The van der Waals surface area contributed by atoms with Crippen molar-refractivity contribution >= 4 is 39.8 Å². The Morgan fingerprint density at radius 2 is 2.15 bits per heavy atom. The standard InChI is InChI=1S/C20H19ClN4O2/c1-13(26)25-9-7-17(12-25)27-16-3-4-18-14(10-16)6-8-22-20(18)24-15-2-5-19(21)23-11-15/h2-6,8,10-11,17H,7,9,12H2,1H3,(H,22,24)/t17-/m1/s1. The number of carbonyl (C=O) groups is 1. The Hall–Kier alpha value is -2.86. The molecule has 1 atom stereocenters. The maximum Gasteiger partial charge on any atom is 0.219 e. The van der Waals surface area contributed by atoms with Crippen LogP contribution in [0.4, 0.5) is 11.5 Å². The number of anilines is 2. The molecule has 1 amide bonds. The fourth-order valence-corrected chi connectivity index (χ4v) is 3.33. The number of nitrogens with one attached hydrogen (secondary N) is 1. The lowest BCUT2D eigenvalue weighted by Gasteiger charge is -2.16. The maximum absolute atomic E-state index is 11.5. The van der Waals surface area contributed by atoms with E-state index in [1.54, 1.807) is 25.4 Å². The molecular weight excluding hydrogens is 364 g/mol. The van der Waals surface area contributed by atoms with Crippen LogP contribution in [0.5, 0.6) is 5.75 Å². The average molecular weight is 383 g/mol. The van der Waals surface area contributed by atoms with Crippen LogP contribution in [0, 0.1) is 0 Å². The average Bonchev–Trinajstić information content (AvgIpc) is 3.12. The first-order valence-electron chi connectivity index (χ1n) is 8.78. The molecule has 0 spiro atoms. The SMILES string of the molecule is CC(=O)N1CC[C@@H](Oc2ccc3c(Nc4ccc(Cl)nc4)nccc3c2)C1. The molecule has 3 heterocycles. The van der Waals surface area contributed by atoms with E-state index in [1.807, 2.05) is 35.2 Å². The van der Waals surface area contributed by atoms with E-state index < -0.39 is 0 Å². The molecule has 138 valence electrons. The van der Waals surface area contributed by atoms with Gasteiger partial charge in [0.1, 0.15) is 22.8 Å². The van der Waals surface area contributed by atoms with Gasteiger partial charge in [0.05, 0.1) is 18.4 Å². The van der Waals surface area contributed by atoms with Crippen LogP contribution >= 0.6 is 11.6 Å². The zero-order chi connectivity index (χ0) is 18.8. The van der Waals surface area contributed by atoms with Gasteiger partial charge in [0.15, 0.2) is 0 Å². The Labute approximate surface area is 162 Å². The molecule has 0 saturated carbocycles. The molecule has 0 bridgehead atoms. The monoisotopic (exact) mass is 382 g/mol. The summed E-state index contributed by atoms with van der Waals surface area (Å²) in [5.41, 5.74) is 0.815. The summed E-state index contributed by atoms with van der Waals surface area (Å²) >= 11 is 5.83. The van der Waals surface area contributed by atoms with E-state index >= 15 is 0 Å². The molecule has 6 nitrogen and oxygen atoms in total. The highest BCUT2D eigenvalue weighted by Crippen LogP contribution is 2.29. The fourth-order valence-electron chi connectivity index (χ4n) is 3.22. The number of pyridine rings is 2. The molecule has 0 aliphatic carbocycles. The van der Waals surface area contributed by atoms with Gasteiger partial charge in [-0.3, -0.25) is 4.79 Å². The van der Waals surface area contributed by atoms with Crippen molar-refractivity contribution in [3.05, 3.63) is 53.9 Å². The number of amides is 1. The van der Waals surface area contributed by atoms with E-state index in [2.05, 4.69) is 15.3 Å². The molecule has 1 fully saturated rings. The minimum Gasteiger partial charge on any atom is -0.488 e. The third kappa shape index (κ3) is 3.95. The number of fused-ring (bicyclic) bond motifs is 1. The lowest BCUT2D eigenvalue weighted by Crippen LogP contribution is -2.28.